The molecule has 21 heavy (non-hydrogen) atoms. The van der Waals surface area contributed by atoms with Gasteiger partial charge in [0.25, 0.3) is 0 Å². The summed E-state index contributed by atoms with van der Waals surface area (Å²) < 4.78 is 10.7. The molecule has 0 aliphatic carbocycles. The van der Waals surface area contributed by atoms with Gasteiger partial charge in [-0.3, -0.25) is 0 Å². The van der Waals surface area contributed by atoms with Crippen LogP contribution in [0.25, 0.3) is 0 Å². The highest BCUT2D eigenvalue weighted by Gasteiger charge is 2.04. The van der Waals surface area contributed by atoms with Gasteiger partial charge in [-0.05, 0) is 24.3 Å². The van der Waals surface area contributed by atoms with Crippen molar-refractivity contribution in [3.8, 4) is 17.6 Å². The number of nitrogens with two attached hydrogens (primary N) is 1. The zero-order valence-corrected chi connectivity index (χ0v) is 11.8. The zero-order chi connectivity index (χ0) is 15.1. The monoisotopic (exact) mass is 283 g/mol. The molecular weight excluding hydrogens is 266 g/mol. The van der Waals surface area contributed by atoms with Crippen LogP contribution in [-0.4, -0.2) is 20.3 Å². The number of nitrogens with zero attached hydrogens (tertiary/aromatic N) is 1. The molecule has 2 aromatic rings. The van der Waals surface area contributed by atoms with Gasteiger partial charge < -0.3 is 20.5 Å². The number of methoxy groups -OCH3 is 1. The van der Waals surface area contributed by atoms with E-state index in [1.807, 2.05) is 18.2 Å². The van der Waals surface area contributed by atoms with Gasteiger partial charge in [-0.25, -0.2) is 0 Å². The van der Waals surface area contributed by atoms with E-state index in [0.717, 1.165) is 5.69 Å². The van der Waals surface area contributed by atoms with E-state index in [-0.39, 0.29) is 0 Å². The lowest BCUT2D eigenvalue weighted by atomic mass is 10.2. The molecule has 5 nitrogen and oxygen atoms in total. The van der Waals surface area contributed by atoms with E-state index in [1.54, 1.807) is 31.4 Å². The van der Waals surface area contributed by atoms with E-state index < -0.39 is 0 Å². The Morgan fingerprint density at radius 2 is 2.05 bits per heavy atom. The number of rotatable bonds is 6. The van der Waals surface area contributed by atoms with Gasteiger partial charge in [0.1, 0.15) is 24.2 Å². The number of hydrogen-bond donors (Lipinski definition) is 2. The first kappa shape index (κ1) is 14.5. The molecule has 5 heteroatoms. The SMILES string of the molecule is COc1ccc(C#N)c(NCCOc2ccccc2N)c1. The average molecular weight is 283 g/mol. The molecule has 2 aromatic carbocycles. The fraction of sp³-hybridized carbons (Fsp3) is 0.188. The molecule has 0 fully saturated rings. The van der Waals surface area contributed by atoms with Gasteiger partial charge in [0, 0.05) is 12.6 Å². The molecule has 0 saturated carbocycles. The molecule has 3 N–H and O–H groups in total. The number of hydrogen-bond acceptors (Lipinski definition) is 5. The van der Waals surface area contributed by atoms with E-state index >= 15 is 0 Å². The smallest absolute Gasteiger partial charge is 0.142 e. The van der Waals surface area contributed by atoms with Gasteiger partial charge in [-0.15, -0.1) is 0 Å². The Balaban J connectivity index is 1.92. The van der Waals surface area contributed by atoms with Gasteiger partial charge in [-0.2, -0.15) is 5.26 Å². The third kappa shape index (κ3) is 3.80. The van der Waals surface area contributed by atoms with Crippen LogP contribution in [0.1, 0.15) is 5.56 Å². The number of ether oxygens (including phenoxy) is 2. The minimum Gasteiger partial charge on any atom is -0.497 e. The number of nitrogen functional groups attached to an aromatic ring is 1. The minimum absolute atomic E-state index is 0.441. The Morgan fingerprint density at radius 3 is 2.76 bits per heavy atom. The summed E-state index contributed by atoms with van der Waals surface area (Å²) in [6.45, 7) is 0.993. The number of anilines is 2. The van der Waals surface area contributed by atoms with Crippen LogP contribution in [0.4, 0.5) is 11.4 Å². The molecule has 0 heterocycles. The second kappa shape index (κ2) is 7.06. The summed E-state index contributed by atoms with van der Waals surface area (Å²) in [6.07, 6.45) is 0. The van der Waals surface area contributed by atoms with E-state index in [2.05, 4.69) is 11.4 Å². The molecule has 0 aliphatic heterocycles. The Morgan fingerprint density at radius 1 is 1.24 bits per heavy atom. The summed E-state index contributed by atoms with van der Waals surface area (Å²) >= 11 is 0. The molecule has 0 spiro atoms. The summed E-state index contributed by atoms with van der Waals surface area (Å²) in [5.41, 5.74) is 7.69. The van der Waals surface area contributed by atoms with Crippen LogP contribution >= 0.6 is 0 Å². The predicted molar refractivity (Wildman–Crippen MR) is 82.5 cm³/mol. The van der Waals surface area contributed by atoms with Crippen molar-refractivity contribution in [1.29, 1.82) is 5.26 Å². The molecule has 0 saturated heterocycles. The second-order valence-electron chi connectivity index (χ2n) is 4.34. The lowest BCUT2D eigenvalue weighted by Crippen LogP contribution is -2.13. The summed E-state index contributed by atoms with van der Waals surface area (Å²) in [5.74, 6) is 1.36. The van der Waals surface area contributed by atoms with Crippen LogP contribution in [0.15, 0.2) is 42.5 Å². The van der Waals surface area contributed by atoms with E-state index in [9.17, 15) is 0 Å². The van der Waals surface area contributed by atoms with Crippen molar-refractivity contribution in [2.75, 3.05) is 31.3 Å². The molecule has 0 amide bonds. The summed E-state index contributed by atoms with van der Waals surface area (Å²) in [5, 5.41) is 12.2. The topological polar surface area (TPSA) is 80.3 Å². The van der Waals surface area contributed by atoms with Crippen molar-refractivity contribution in [2.24, 2.45) is 0 Å². The Labute approximate surface area is 123 Å². The second-order valence-corrected chi connectivity index (χ2v) is 4.34. The molecule has 108 valence electrons. The first-order chi connectivity index (χ1) is 10.2. The van der Waals surface area contributed by atoms with Crippen LogP contribution in [0.3, 0.4) is 0 Å². The maximum Gasteiger partial charge on any atom is 0.142 e. The first-order valence-electron chi connectivity index (χ1n) is 6.54. The lowest BCUT2D eigenvalue weighted by Gasteiger charge is -2.12. The maximum absolute atomic E-state index is 9.07. The number of nitriles is 1. The van der Waals surface area contributed by atoms with Gasteiger partial charge >= 0.3 is 0 Å². The Bertz CT molecular complexity index is 650. The van der Waals surface area contributed by atoms with Crippen molar-refractivity contribution in [3.63, 3.8) is 0 Å². The van der Waals surface area contributed by atoms with Crippen molar-refractivity contribution >= 4 is 11.4 Å². The molecule has 0 bridgehead atoms. The fourth-order valence-electron chi connectivity index (χ4n) is 1.85. The van der Waals surface area contributed by atoms with E-state index in [0.29, 0.717) is 35.9 Å². The summed E-state index contributed by atoms with van der Waals surface area (Å²) in [4.78, 5) is 0. The van der Waals surface area contributed by atoms with Gasteiger partial charge in [-0.1, -0.05) is 12.1 Å². The lowest BCUT2D eigenvalue weighted by molar-refractivity contribution is 0.334. The third-order valence-electron chi connectivity index (χ3n) is 2.94. The van der Waals surface area contributed by atoms with Crippen LogP contribution in [0, 0.1) is 11.3 Å². The quantitative estimate of drug-likeness (QED) is 0.629. The molecular formula is C16H17N3O2. The molecule has 0 atom stereocenters. The van der Waals surface area contributed by atoms with E-state index in [4.69, 9.17) is 20.5 Å². The Hall–Kier alpha value is -2.87. The van der Waals surface area contributed by atoms with Crippen molar-refractivity contribution < 1.29 is 9.47 Å². The minimum atomic E-state index is 0.441. The summed E-state index contributed by atoms with van der Waals surface area (Å²) in [6, 6.07) is 14.7. The highest BCUT2D eigenvalue weighted by Crippen LogP contribution is 2.22. The average Bonchev–Trinajstić information content (AvgIpc) is 2.52. The largest absolute Gasteiger partial charge is 0.497 e. The number of para-hydroxylation sites is 2. The maximum atomic E-state index is 9.07. The Kier molecular flexibility index (Phi) is 4.89. The van der Waals surface area contributed by atoms with Gasteiger partial charge in [0.05, 0.1) is 24.0 Å². The molecule has 0 radical (unpaired) electrons. The van der Waals surface area contributed by atoms with Gasteiger partial charge in [0.2, 0.25) is 0 Å². The third-order valence-corrected chi connectivity index (χ3v) is 2.94. The molecule has 0 aromatic heterocycles. The highest BCUT2D eigenvalue weighted by atomic mass is 16.5. The number of nitrogens with one attached hydrogen (secondary N) is 1. The van der Waals surface area contributed by atoms with Gasteiger partial charge in [0.15, 0.2) is 0 Å². The van der Waals surface area contributed by atoms with Crippen LogP contribution in [-0.2, 0) is 0 Å². The van der Waals surface area contributed by atoms with Crippen molar-refractivity contribution in [3.05, 3.63) is 48.0 Å². The first-order valence-corrected chi connectivity index (χ1v) is 6.54. The predicted octanol–water partition coefficient (Wildman–Crippen LogP) is 2.64. The van der Waals surface area contributed by atoms with Crippen LogP contribution in [0.5, 0.6) is 11.5 Å². The molecule has 0 aliphatic rings. The van der Waals surface area contributed by atoms with E-state index in [1.165, 1.54) is 0 Å². The summed E-state index contributed by atoms with van der Waals surface area (Å²) in [7, 11) is 1.59. The van der Waals surface area contributed by atoms with Crippen molar-refractivity contribution in [1.82, 2.24) is 0 Å². The fourth-order valence-corrected chi connectivity index (χ4v) is 1.85. The van der Waals surface area contributed by atoms with Crippen molar-refractivity contribution in [2.45, 2.75) is 0 Å². The van der Waals surface area contributed by atoms with Crippen LogP contribution in [0.2, 0.25) is 0 Å². The number of benzene rings is 2. The normalized spacial score (nSPS) is 9.71. The van der Waals surface area contributed by atoms with Crippen LogP contribution < -0.4 is 20.5 Å². The highest BCUT2D eigenvalue weighted by molar-refractivity contribution is 5.60. The zero-order valence-electron chi connectivity index (χ0n) is 11.8. The molecule has 0 unspecified atom stereocenters. The molecule has 2 rings (SSSR count). The standard InChI is InChI=1S/C16H17N3O2/c1-20-13-7-6-12(11-17)15(10-13)19-8-9-21-16-5-3-2-4-14(16)18/h2-7,10,19H,8-9,18H2,1H3.